The molecular formula is C15H18N4O5S. The monoisotopic (exact) mass is 366 g/mol. The Labute approximate surface area is 148 Å². The fourth-order valence-corrected chi connectivity index (χ4v) is 2.39. The smallest absolute Gasteiger partial charge is 0.277 e. The van der Waals surface area contributed by atoms with Crippen molar-refractivity contribution in [1.82, 2.24) is 20.8 Å². The zero-order valence-electron chi connectivity index (χ0n) is 14.0. The fraction of sp³-hybridized carbons (Fsp3) is 0.333. The number of hydrogen-bond donors (Lipinski definition) is 2. The topological polar surface area (TPSA) is 116 Å². The average Bonchev–Trinajstić information content (AvgIpc) is 3.12. The van der Waals surface area contributed by atoms with Gasteiger partial charge in [-0.2, -0.15) is 0 Å². The van der Waals surface area contributed by atoms with Crippen molar-refractivity contribution in [2.45, 2.75) is 5.22 Å². The molecule has 25 heavy (non-hydrogen) atoms. The van der Waals surface area contributed by atoms with Gasteiger partial charge in [0.05, 0.1) is 26.5 Å². The molecule has 0 aliphatic carbocycles. The van der Waals surface area contributed by atoms with E-state index in [2.05, 4.69) is 20.8 Å². The number of ether oxygens (including phenoxy) is 2. The summed E-state index contributed by atoms with van der Waals surface area (Å²) in [5.41, 5.74) is 0.668. The molecule has 0 saturated heterocycles. The molecule has 0 spiro atoms. The number of aromatic nitrogens is 2. The van der Waals surface area contributed by atoms with Crippen LogP contribution in [0.3, 0.4) is 0 Å². The van der Waals surface area contributed by atoms with E-state index in [1.807, 2.05) is 0 Å². The molecule has 10 heteroatoms. The van der Waals surface area contributed by atoms with E-state index in [-0.39, 0.29) is 29.3 Å². The molecule has 1 aromatic heterocycles. The highest BCUT2D eigenvalue weighted by molar-refractivity contribution is 7.99. The van der Waals surface area contributed by atoms with E-state index in [1.54, 1.807) is 25.3 Å². The first kappa shape index (κ1) is 18.6. The van der Waals surface area contributed by atoms with Crippen LogP contribution in [0.5, 0.6) is 11.5 Å². The first-order valence-corrected chi connectivity index (χ1v) is 8.22. The van der Waals surface area contributed by atoms with E-state index < -0.39 is 0 Å². The van der Waals surface area contributed by atoms with E-state index in [0.717, 1.165) is 11.8 Å². The van der Waals surface area contributed by atoms with Crippen LogP contribution in [0.1, 0.15) is 0 Å². The second kappa shape index (κ2) is 8.92. The summed E-state index contributed by atoms with van der Waals surface area (Å²) >= 11 is 1.08. The normalized spacial score (nSPS) is 10.2. The third-order valence-electron chi connectivity index (χ3n) is 3.09. The Kier molecular flexibility index (Phi) is 6.63. The fourth-order valence-electron chi connectivity index (χ4n) is 1.80. The predicted molar refractivity (Wildman–Crippen MR) is 90.6 cm³/mol. The molecule has 0 saturated carbocycles. The Morgan fingerprint density at radius 3 is 2.60 bits per heavy atom. The van der Waals surface area contributed by atoms with E-state index in [1.165, 1.54) is 14.2 Å². The number of carbonyl (C=O) groups is 2. The van der Waals surface area contributed by atoms with Crippen LogP contribution in [0.25, 0.3) is 11.5 Å². The molecule has 0 atom stereocenters. The molecule has 2 amide bonds. The second-order valence-corrected chi connectivity index (χ2v) is 5.61. The summed E-state index contributed by atoms with van der Waals surface area (Å²) in [6.07, 6.45) is 0. The molecule has 0 fully saturated rings. The Hall–Kier alpha value is -2.75. The molecule has 1 aromatic carbocycles. The minimum absolute atomic E-state index is 0.0601. The summed E-state index contributed by atoms with van der Waals surface area (Å²) in [5.74, 6) is 0.916. The van der Waals surface area contributed by atoms with Crippen LogP contribution in [-0.2, 0) is 9.59 Å². The van der Waals surface area contributed by atoms with Gasteiger partial charge in [0, 0.05) is 12.6 Å². The highest BCUT2D eigenvalue weighted by Crippen LogP contribution is 2.32. The summed E-state index contributed by atoms with van der Waals surface area (Å²) in [7, 11) is 4.58. The number of amides is 2. The number of benzene rings is 1. The van der Waals surface area contributed by atoms with Gasteiger partial charge in [0.1, 0.15) is 0 Å². The number of hydrogen-bond acceptors (Lipinski definition) is 8. The highest BCUT2D eigenvalue weighted by Gasteiger charge is 2.14. The van der Waals surface area contributed by atoms with Crippen LogP contribution in [0, 0.1) is 0 Å². The quantitative estimate of drug-likeness (QED) is 0.656. The number of rotatable bonds is 8. The van der Waals surface area contributed by atoms with Crippen molar-refractivity contribution in [3.05, 3.63) is 18.2 Å². The minimum atomic E-state index is -0.306. The number of carbonyl (C=O) groups excluding carboxylic acids is 2. The van der Waals surface area contributed by atoms with Gasteiger partial charge in [0.15, 0.2) is 11.5 Å². The third-order valence-corrected chi connectivity index (χ3v) is 3.91. The minimum Gasteiger partial charge on any atom is -0.493 e. The molecule has 0 aliphatic heterocycles. The van der Waals surface area contributed by atoms with Crippen LogP contribution in [0.2, 0.25) is 0 Å². The summed E-state index contributed by atoms with van der Waals surface area (Å²) in [5, 5.41) is 13.0. The lowest BCUT2D eigenvalue weighted by Gasteiger charge is -2.07. The number of nitrogens with one attached hydrogen (secondary N) is 2. The summed E-state index contributed by atoms with van der Waals surface area (Å²) < 4.78 is 15.9. The van der Waals surface area contributed by atoms with Gasteiger partial charge >= 0.3 is 0 Å². The maximum atomic E-state index is 11.6. The van der Waals surface area contributed by atoms with Crippen LogP contribution in [-0.4, -0.2) is 55.6 Å². The van der Waals surface area contributed by atoms with Crippen molar-refractivity contribution in [1.29, 1.82) is 0 Å². The molecule has 2 N–H and O–H groups in total. The van der Waals surface area contributed by atoms with Crippen molar-refractivity contribution in [2.75, 3.05) is 33.6 Å². The molecule has 0 bridgehead atoms. The van der Waals surface area contributed by atoms with Crippen LogP contribution >= 0.6 is 11.8 Å². The van der Waals surface area contributed by atoms with Crippen LogP contribution in [0.4, 0.5) is 0 Å². The highest BCUT2D eigenvalue weighted by atomic mass is 32.2. The van der Waals surface area contributed by atoms with Gasteiger partial charge in [-0.25, -0.2) is 0 Å². The van der Waals surface area contributed by atoms with Gasteiger partial charge in [-0.3, -0.25) is 9.59 Å². The molecule has 0 aliphatic rings. The van der Waals surface area contributed by atoms with Crippen molar-refractivity contribution in [3.63, 3.8) is 0 Å². The lowest BCUT2D eigenvalue weighted by Crippen LogP contribution is -2.35. The molecule has 9 nitrogen and oxygen atoms in total. The summed E-state index contributed by atoms with van der Waals surface area (Å²) in [4.78, 5) is 22.7. The van der Waals surface area contributed by atoms with Crippen molar-refractivity contribution >= 4 is 23.6 Å². The van der Waals surface area contributed by atoms with Gasteiger partial charge in [0.25, 0.3) is 5.22 Å². The molecule has 0 unspecified atom stereocenters. The largest absolute Gasteiger partial charge is 0.493 e. The molecule has 2 rings (SSSR count). The lowest BCUT2D eigenvalue weighted by atomic mass is 10.2. The van der Waals surface area contributed by atoms with Crippen molar-refractivity contribution in [2.24, 2.45) is 0 Å². The number of thioether (sulfide) groups is 1. The van der Waals surface area contributed by atoms with Crippen LogP contribution < -0.4 is 20.1 Å². The Morgan fingerprint density at radius 2 is 1.92 bits per heavy atom. The number of likely N-dealkylation sites (N-methyl/N-ethyl adjacent to an activating group) is 1. The Bertz CT molecular complexity index is 749. The van der Waals surface area contributed by atoms with Gasteiger partial charge in [-0.05, 0) is 18.2 Å². The Balaban J connectivity index is 1.96. The Morgan fingerprint density at radius 1 is 1.16 bits per heavy atom. The SMILES string of the molecule is CNC(=O)CNC(=O)CSc1nnc(-c2ccc(OC)c(OC)c2)o1. The van der Waals surface area contributed by atoms with Crippen molar-refractivity contribution in [3.8, 4) is 23.0 Å². The van der Waals surface area contributed by atoms with E-state index in [0.29, 0.717) is 23.0 Å². The molecular weight excluding hydrogens is 348 g/mol. The first-order valence-electron chi connectivity index (χ1n) is 7.23. The summed E-state index contributed by atoms with van der Waals surface area (Å²) in [6, 6.07) is 5.22. The van der Waals surface area contributed by atoms with Gasteiger partial charge in [-0.1, -0.05) is 11.8 Å². The van der Waals surface area contributed by atoms with Crippen molar-refractivity contribution < 1.29 is 23.5 Å². The maximum absolute atomic E-state index is 11.6. The second-order valence-electron chi connectivity index (χ2n) is 4.68. The van der Waals surface area contributed by atoms with E-state index >= 15 is 0 Å². The third kappa shape index (κ3) is 5.11. The zero-order chi connectivity index (χ0) is 18.2. The molecule has 1 heterocycles. The van der Waals surface area contributed by atoms with Crippen LogP contribution in [0.15, 0.2) is 27.8 Å². The van der Waals surface area contributed by atoms with Gasteiger partial charge in [0.2, 0.25) is 17.7 Å². The molecule has 0 radical (unpaired) electrons. The lowest BCUT2D eigenvalue weighted by molar-refractivity contribution is -0.124. The van der Waals surface area contributed by atoms with E-state index in [9.17, 15) is 9.59 Å². The zero-order valence-corrected chi connectivity index (χ0v) is 14.8. The standard InChI is InChI=1S/C15H18N4O5S/c1-16-12(20)7-17-13(21)8-25-15-19-18-14(24-15)9-4-5-10(22-2)11(6-9)23-3/h4-6H,7-8H2,1-3H3,(H,16,20)(H,17,21). The van der Waals surface area contributed by atoms with E-state index in [4.69, 9.17) is 13.9 Å². The van der Waals surface area contributed by atoms with Gasteiger partial charge in [-0.15, -0.1) is 10.2 Å². The number of methoxy groups -OCH3 is 2. The first-order chi connectivity index (χ1) is 12.1. The molecule has 2 aromatic rings. The average molecular weight is 366 g/mol. The summed E-state index contributed by atoms with van der Waals surface area (Å²) in [6.45, 7) is -0.0728. The van der Waals surface area contributed by atoms with Gasteiger partial charge < -0.3 is 24.5 Å². The maximum Gasteiger partial charge on any atom is 0.277 e. The number of nitrogens with zero attached hydrogens (tertiary/aromatic N) is 2. The molecule has 134 valence electrons. The predicted octanol–water partition coefficient (Wildman–Crippen LogP) is 0.708.